The molecule has 130 valence electrons. The van der Waals surface area contributed by atoms with Crippen LogP contribution in [0.25, 0.3) is 0 Å². The van der Waals surface area contributed by atoms with Crippen LogP contribution in [0.4, 0.5) is 15.8 Å². The van der Waals surface area contributed by atoms with Crippen molar-refractivity contribution in [1.82, 2.24) is 0 Å². The predicted octanol–water partition coefficient (Wildman–Crippen LogP) is 2.29. The number of carbonyl (C=O) groups excluding carboxylic acids is 2. The normalized spacial score (nSPS) is 9.96. The number of halogens is 1. The lowest BCUT2D eigenvalue weighted by atomic mass is 10.3. The Bertz CT molecular complexity index is 761. The summed E-state index contributed by atoms with van der Waals surface area (Å²) in [5.74, 6) is -1.53. The summed E-state index contributed by atoms with van der Waals surface area (Å²) in [5, 5.41) is 12.9. The zero-order chi connectivity index (χ0) is 18.2. The van der Waals surface area contributed by atoms with Gasteiger partial charge in [0.15, 0.2) is 13.2 Å². The van der Waals surface area contributed by atoms with E-state index < -0.39 is 35.8 Å². The maximum Gasteiger partial charge on any atom is 0.344 e. The minimum Gasteiger partial charge on any atom is -0.482 e. The lowest BCUT2D eigenvalue weighted by molar-refractivity contribution is -0.384. The monoisotopic (exact) mass is 348 g/mol. The zero-order valence-electron chi connectivity index (χ0n) is 12.8. The van der Waals surface area contributed by atoms with Crippen molar-refractivity contribution in [2.75, 3.05) is 18.5 Å². The topological polar surface area (TPSA) is 108 Å². The number of non-ortho nitro benzene ring substituents is 1. The number of nitro groups is 1. The molecular weight excluding hydrogens is 335 g/mol. The SMILES string of the molecule is O=C(COC(=O)COc1ccc(F)cc1)Nc1ccc([N+](=O)[O-])cc1. The van der Waals surface area contributed by atoms with E-state index in [9.17, 15) is 24.1 Å². The van der Waals surface area contributed by atoms with Crippen molar-refractivity contribution in [2.45, 2.75) is 0 Å². The van der Waals surface area contributed by atoms with E-state index in [1.807, 2.05) is 0 Å². The summed E-state index contributed by atoms with van der Waals surface area (Å²) in [6.45, 7) is -0.973. The van der Waals surface area contributed by atoms with Gasteiger partial charge in [0.1, 0.15) is 11.6 Å². The largest absolute Gasteiger partial charge is 0.482 e. The Labute approximate surface area is 141 Å². The van der Waals surface area contributed by atoms with Gasteiger partial charge in [0.2, 0.25) is 0 Å². The molecule has 2 aromatic rings. The average Bonchev–Trinajstić information content (AvgIpc) is 2.60. The molecule has 0 fully saturated rings. The highest BCUT2D eigenvalue weighted by Crippen LogP contribution is 2.15. The first kappa shape index (κ1) is 17.9. The summed E-state index contributed by atoms with van der Waals surface area (Å²) in [5.41, 5.74) is 0.219. The maximum absolute atomic E-state index is 12.7. The molecule has 1 N–H and O–H groups in total. The van der Waals surface area contributed by atoms with Crippen LogP contribution >= 0.6 is 0 Å². The Hall–Kier alpha value is -3.49. The molecule has 0 bridgehead atoms. The van der Waals surface area contributed by atoms with Crippen LogP contribution < -0.4 is 10.1 Å². The molecule has 0 atom stereocenters. The molecule has 0 aliphatic carbocycles. The van der Waals surface area contributed by atoms with E-state index in [1.165, 1.54) is 48.5 Å². The van der Waals surface area contributed by atoms with Crippen molar-refractivity contribution >= 4 is 23.3 Å². The Morgan fingerprint density at radius 2 is 1.68 bits per heavy atom. The highest BCUT2D eigenvalue weighted by atomic mass is 19.1. The van der Waals surface area contributed by atoms with Crippen LogP contribution in [0.15, 0.2) is 48.5 Å². The molecule has 0 aliphatic rings. The van der Waals surface area contributed by atoms with Crippen LogP contribution in [0.2, 0.25) is 0 Å². The fraction of sp³-hybridized carbons (Fsp3) is 0.125. The Morgan fingerprint density at radius 3 is 2.28 bits per heavy atom. The minimum atomic E-state index is -0.775. The van der Waals surface area contributed by atoms with Crippen molar-refractivity contribution < 1.29 is 28.4 Å². The number of carbonyl (C=O) groups is 2. The molecule has 0 unspecified atom stereocenters. The number of esters is 1. The Balaban J connectivity index is 1.72. The molecule has 9 heteroatoms. The lowest BCUT2D eigenvalue weighted by Crippen LogP contribution is -2.23. The first-order valence-electron chi connectivity index (χ1n) is 7.02. The van der Waals surface area contributed by atoms with Gasteiger partial charge in [-0.1, -0.05) is 0 Å². The van der Waals surface area contributed by atoms with Crippen molar-refractivity contribution in [2.24, 2.45) is 0 Å². The maximum atomic E-state index is 12.7. The van der Waals surface area contributed by atoms with Crippen molar-refractivity contribution in [3.05, 3.63) is 64.5 Å². The highest BCUT2D eigenvalue weighted by Gasteiger charge is 2.10. The fourth-order valence-electron chi connectivity index (χ4n) is 1.72. The van der Waals surface area contributed by atoms with Gasteiger partial charge >= 0.3 is 5.97 Å². The van der Waals surface area contributed by atoms with Gasteiger partial charge in [-0.2, -0.15) is 0 Å². The summed E-state index contributed by atoms with van der Waals surface area (Å²) in [6, 6.07) is 10.2. The molecule has 0 aliphatic heterocycles. The number of hydrogen-bond acceptors (Lipinski definition) is 6. The van der Waals surface area contributed by atoms with Crippen LogP contribution in [0.3, 0.4) is 0 Å². The number of benzene rings is 2. The molecule has 0 saturated carbocycles. The van der Waals surface area contributed by atoms with Gasteiger partial charge in [-0.15, -0.1) is 0 Å². The molecule has 0 spiro atoms. The first-order chi connectivity index (χ1) is 11.9. The minimum absolute atomic E-state index is 0.109. The molecule has 2 aromatic carbocycles. The molecule has 0 heterocycles. The van der Waals surface area contributed by atoms with Crippen LogP contribution in [-0.2, 0) is 14.3 Å². The smallest absolute Gasteiger partial charge is 0.344 e. The van der Waals surface area contributed by atoms with Gasteiger partial charge in [-0.3, -0.25) is 14.9 Å². The Morgan fingerprint density at radius 1 is 1.04 bits per heavy atom. The number of nitrogens with one attached hydrogen (secondary N) is 1. The summed E-state index contributed by atoms with van der Waals surface area (Å²) < 4.78 is 22.5. The van der Waals surface area contributed by atoms with E-state index in [1.54, 1.807) is 0 Å². The van der Waals surface area contributed by atoms with E-state index in [-0.39, 0.29) is 11.4 Å². The number of rotatable bonds is 7. The molecule has 25 heavy (non-hydrogen) atoms. The summed E-state index contributed by atoms with van der Waals surface area (Å²) in [4.78, 5) is 33.1. The van der Waals surface area contributed by atoms with E-state index in [0.29, 0.717) is 5.69 Å². The third-order valence-corrected chi connectivity index (χ3v) is 2.90. The summed E-state index contributed by atoms with van der Waals surface area (Å²) >= 11 is 0. The van der Waals surface area contributed by atoms with Crippen LogP contribution in [0.1, 0.15) is 0 Å². The van der Waals surface area contributed by atoms with Gasteiger partial charge in [0, 0.05) is 17.8 Å². The summed E-state index contributed by atoms with van der Waals surface area (Å²) in [7, 11) is 0. The standard InChI is InChI=1S/C16H13FN2O6/c17-11-1-7-14(8-2-11)24-10-16(21)25-9-15(20)18-12-3-5-13(6-4-12)19(22)23/h1-8H,9-10H2,(H,18,20). The van der Waals surface area contributed by atoms with Gasteiger partial charge in [-0.25, -0.2) is 9.18 Å². The van der Waals surface area contributed by atoms with Crippen LogP contribution in [0.5, 0.6) is 5.75 Å². The molecule has 2 rings (SSSR count). The van der Waals surface area contributed by atoms with Crippen LogP contribution in [-0.4, -0.2) is 30.0 Å². The molecule has 1 amide bonds. The first-order valence-corrected chi connectivity index (χ1v) is 7.02. The zero-order valence-corrected chi connectivity index (χ0v) is 12.8. The average molecular weight is 348 g/mol. The number of nitro benzene ring substituents is 1. The van der Waals surface area contributed by atoms with E-state index in [2.05, 4.69) is 5.32 Å². The van der Waals surface area contributed by atoms with Gasteiger partial charge in [-0.05, 0) is 36.4 Å². The number of amides is 1. The van der Waals surface area contributed by atoms with E-state index in [4.69, 9.17) is 9.47 Å². The number of anilines is 1. The quantitative estimate of drug-likeness (QED) is 0.467. The van der Waals surface area contributed by atoms with E-state index in [0.717, 1.165) is 0 Å². The van der Waals surface area contributed by atoms with Gasteiger partial charge in [0.05, 0.1) is 4.92 Å². The predicted molar refractivity (Wildman–Crippen MR) is 84.6 cm³/mol. The molecular formula is C16H13FN2O6. The third-order valence-electron chi connectivity index (χ3n) is 2.90. The van der Waals surface area contributed by atoms with E-state index >= 15 is 0 Å². The van der Waals surface area contributed by atoms with Crippen LogP contribution in [0, 0.1) is 15.9 Å². The molecule has 8 nitrogen and oxygen atoms in total. The number of hydrogen-bond donors (Lipinski definition) is 1. The van der Waals surface area contributed by atoms with Crippen molar-refractivity contribution in [3.63, 3.8) is 0 Å². The number of ether oxygens (including phenoxy) is 2. The molecule has 0 saturated heterocycles. The second kappa shape index (κ2) is 8.39. The molecule has 0 aromatic heterocycles. The van der Waals surface area contributed by atoms with Gasteiger partial charge < -0.3 is 14.8 Å². The lowest BCUT2D eigenvalue weighted by Gasteiger charge is -2.08. The fourth-order valence-corrected chi connectivity index (χ4v) is 1.72. The number of nitrogens with zero attached hydrogens (tertiary/aromatic N) is 1. The van der Waals surface area contributed by atoms with Crippen molar-refractivity contribution in [3.8, 4) is 5.75 Å². The summed E-state index contributed by atoms with van der Waals surface area (Å²) in [6.07, 6.45) is 0. The van der Waals surface area contributed by atoms with Gasteiger partial charge in [0.25, 0.3) is 11.6 Å². The highest BCUT2D eigenvalue weighted by molar-refractivity contribution is 5.92. The second-order valence-corrected chi connectivity index (χ2v) is 4.76. The van der Waals surface area contributed by atoms with Crippen molar-refractivity contribution in [1.29, 1.82) is 0 Å². The Kier molecular flexibility index (Phi) is 5.99. The third kappa shape index (κ3) is 5.90. The molecule has 0 radical (unpaired) electrons. The second-order valence-electron chi connectivity index (χ2n) is 4.76.